The maximum atomic E-state index is 5.79. The van der Waals surface area contributed by atoms with E-state index in [1.165, 1.54) is 6.42 Å². The van der Waals surface area contributed by atoms with Gasteiger partial charge in [-0.2, -0.15) is 0 Å². The number of methoxy groups -OCH3 is 1. The molecule has 4 heteroatoms. The Hall–Kier alpha value is -1.26. The van der Waals surface area contributed by atoms with Gasteiger partial charge in [-0.05, 0) is 43.5 Å². The average molecular weight is 293 g/mol. The van der Waals surface area contributed by atoms with E-state index in [-0.39, 0.29) is 0 Å². The molecule has 21 heavy (non-hydrogen) atoms. The SMILES string of the molecule is CCCC1CC(Nc2ccc(OCCOC)cc2)CCO1. The van der Waals surface area contributed by atoms with Crippen molar-refractivity contribution in [3.63, 3.8) is 0 Å². The average Bonchev–Trinajstić information content (AvgIpc) is 2.50. The molecule has 1 aromatic rings. The van der Waals surface area contributed by atoms with Gasteiger partial charge in [-0.15, -0.1) is 0 Å². The fraction of sp³-hybridized carbons (Fsp3) is 0.647. The lowest BCUT2D eigenvalue weighted by molar-refractivity contribution is 0.00598. The third kappa shape index (κ3) is 5.56. The molecule has 2 rings (SSSR count). The molecule has 1 N–H and O–H groups in total. The van der Waals surface area contributed by atoms with Gasteiger partial charge in [0.15, 0.2) is 0 Å². The highest BCUT2D eigenvalue weighted by Gasteiger charge is 2.21. The predicted octanol–water partition coefficient (Wildman–Crippen LogP) is 3.47. The smallest absolute Gasteiger partial charge is 0.119 e. The number of benzene rings is 1. The molecule has 1 saturated heterocycles. The van der Waals surface area contributed by atoms with Crippen LogP contribution in [0.15, 0.2) is 24.3 Å². The molecule has 0 aliphatic carbocycles. The molecule has 0 radical (unpaired) electrons. The summed E-state index contributed by atoms with van der Waals surface area (Å²) in [5, 5.41) is 3.60. The quantitative estimate of drug-likeness (QED) is 0.745. The number of rotatable bonds is 8. The van der Waals surface area contributed by atoms with E-state index in [1.807, 2.05) is 12.1 Å². The Kier molecular flexibility index (Phi) is 6.83. The molecule has 1 aromatic carbocycles. The molecule has 118 valence electrons. The van der Waals surface area contributed by atoms with Crippen LogP contribution in [0.25, 0.3) is 0 Å². The summed E-state index contributed by atoms with van der Waals surface area (Å²) in [6.07, 6.45) is 4.93. The summed E-state index contributed by atoms with van der Waals surface area (Å²) in [6, 6.07) is 8.66. The molecule has 2 atom stereocenters. The molecule has 0 aromatic heterocycles. The topological polar surface area (TPSA) is 39.7 Å². The summed E-state index contributed by atoms with van der Waals surface area (Å²) in [6.45, 7) is 4.27. The van der Waals surface area contributed by atoms with Gasteiger partial charge in [0.25, 0.3) is 0 Å². The molecular weight excluding hydrogens is 266 g/mol. The van der Waals surface area contributed by atoms with Crippen molar-refractivity contribution in [3.05, 3.63) is 24.3 Å². The lowest BCUT2D eigenvalue weighted by Crippen LogP contribution is -2.33. The Morgan fingerprint density at radius 2 is 2.05 bits per heavy atom. The summed E-state index contributed by atoms with van der Waals surface area (Å²) in [7, 11) is 1.68. The first-order chi connectivity index (χ1) is 10.3. The minimum atomic E-state index is 0.415. The molecule has 4 nitrogen and oxygen atoms in total. The lowest BCUT2D eigenvalue weighted by atomic mass is 10.00. The third-order valence-electron chi connectivity index (χ3n) is 3.76. The van der Waals surface area contributed by atoms with Gasteiger partial charge in [-0.3, -0.25) is 0 Å². The van der Waals surface area contributed by atoms with E-state index in [0.29, 0.717) is 25.4 Å². The van der Waals surface area contributed by atoms with E-state index in [9.17, 15) is 0 Å². The molecule has 2 unspecified atom stereocenters. The van der Waals surface area contributed by atoms with Gasteiger partial charge in [-0.25, -0.2) is 0 Å². The van der Waals surface area contributed by atoms with Crippen molar-refractivity contribution in [2.45, 2.75) is 44.8 Å². The number of nitrogens with one attached hydrogen (secondary N) is 1. The number of ether oxygens (including phenoxy) is 3. The molecule has 1 heterocycles. The van der Waals surface area contributed by atoms with Crippen molar-refractivity contribution in [2.24, 2.45) is 0 Å². The minimum absolute atomic E-state index is 0.415. The molecule has 1 aliphatic heterocycles. The van der Waals surface area contributed by atoms with Gasteiger partial charge < -0.3 is 19.5 Å². The maximum Gasteiger partial charge on any atom is 0.119 e. The van der Waals surface area contributed by atoms with Crippen molar-refractivity contribution in [2.75, 3.05) is 32.2 Å². The van der Waals surface area contributed by atoms with Crippen LogP contribution in [0.3, 0.4) is 0 Å². The van der Waals surface area contributed by atoms with Crippen LogP contribution in [-0.2, 0) is 9.47 Å². The van der Waals surface area contributed by atoms with Crippen molar-refractivity contribution >= 4 is 5.69 Å². The van der Waals surface area contributed by atoms with Gasteiger partial charge in [0.2, 0.25) is 0 Å². The number of hydrogen-bond acceptors (Lipinski definition) is 4. The zero-order valence-electron chi connectivity index (χ0n) is 13.1. The van der Waals surface area contributed by atoms with Crippen LogP contribution in [0.4, 0.5) is 5.69 Å². The Morgan fingerprint density at radius 1 is 1.24 bits per heavy atom. The summed E-state index contributed by atoms with van der Waals surface area (Å²) < 4.78 is 16.3. The largest absolute Gasteiger partial charge is 0.491 e. The Morgan fingerprint density at radius 3 is 2.76 bits per heavy atom. The van der Waals surface area contributed by atoms with E-state index >= 15 is 0 Å². The van der Waals surface area contributed by atoms with E-state index in [1.54, 1.807) is 7.11 Å². The van der Waals surface area contributed by atoms with Gasteiger partial charge in [0.05, 0.1) is 12.7 Å². The highest BCUT2D eigenvalue weighted by molar-refractivity contribution is 5.47. The highest BCUT2D eigenvalue weighted by atomic mass is 16.5. The zero-order chi connectivity index (χ0) is 14.9. The first-order valence-electron chi connectivity index (χ1n) is 7.91. The fourth-order valence-electron chi connectivity index (χ4n) is 2.66. The fourth-order valence-corrected chi connectivity index (χ4v) is 2.66. The van der Waals surface area contributed by atoms with Gasteiger partial charge in [0.1, 0.15) is 12.4 Å². The van der Waals surface area contributed by atoms with E-state index in [4.69, 9.17) is 14.2 Å². The van der Waals surface area contributed by atoms with E-state index < -0.39 is 0 Å². The van der Waals surface area contributed by atoms with Crippen LogP contribution in [-0.4, -0.2) is 39.1 Å². The van der Waals surface area contributed by atoms with E-state index in [0.717, 1.165) is 37.3 Å². The Balaban J connectivity index is 1.79. The Labute approximate surface area is 127 Å². The van der Waals surface area contributed by atoms with Gasteiger partial charge in [0, 0.05) is 25.4 Å². The van der Waals surface area contributed by atoms with Gasteiger partial charge in [-0.1, -0.05) is 13.3 Å². The summed E-state index contributed by atoms with van der Waals surface area (Å²) >= 11 is 0. The predicted molar refractivity (Wildman–Crippen MR) is 85.1 cm³/mol. The molecule has 0 saturated carbocycles. The molecular formula is C17H27NO3. The molecule has 0 bridgehead atoms. The Bertz CT molecular complexity index is 392. The lowest BCUT2D eigenvalue weighted by Gasteiger charge is -2.30. The summed E-state index contributed by atoms with van der Waals surface area (Å²) in [5.41, 5.74) is 1.15. The number of anilines is 1. The van der Waals surface area contributed by atoms with Crippen LogP contribution < -0.4 is 10.1 Å². The van der Waals surface area contributed by atoms with Crippen LogP contribution >= 0.6 is 0 Å². The minimum Gasteiger partial charge on any atom is -0.491 e. The van der Waals surface area contributed by atoms with Crippen molar-refractivity contribution in [1.82, 2.24) is 0 Å². The van der Waals surface area contributed by atoms with Crippen molar-refractivity contribution in [1.29, 1.82) is 0 Å². The second kappa shape index (κ2) is 8.90. The standard InChI is InChI=1S/C17H27NO3/c1-3-4-17-13-15(9-10-20-17)18-14-5-7-16(8-6-14)21-12-11-19-2/h5-8,15,17-18H,3-4,9-13H2,1-2H3. The van der Waals surface area contributed by atoms with Crippen LogP contribution in [0.1, 0.15) is 32.6 Å². The molecule has 1 aliphatic rings. The summed E-state index contributed by atoms with van der Waals surface area (Å²) in [4.78, 5) is 0. The van der Waals surface area contributed by atoms with Crippen molar-refractivity contribution in [3.8, 4) is 5.75 Å². The van der Waals surface area contributed by atoms with Crippen LogP contribution in [0.5, 0.6) is 5.75 Å². The maximum absolute atomic E-state index is 5.79. The second-order valence-corrected chi connectivity index (χ2v) is 5.51. The van der Waals surface area contributed by atoms with Crippen molar-refractivity contribution < 1.29 is 14.2 Å². The van der Waals surface area contributed by atoms with E-state index in [2.05, 4.69) is 24.4 Å². The highest BCUT2D eigenvalue weighted by Crippen LogP contribution is 2.23. The monoisotopic (exact) mass is 293 g/mol. The third-order valence-corrected chi connectivity index (χ3v) is 3.76. The van der Waals surface area contributed by atoms with Crippen LogP contribution in [0, 0.1) is 0 Å². The summed E-state index contributed by atoms with van der Waals surface area (Å²) in [5.74, 6) is 0.883. The molecule has 1 fully saturated rings. The number of hydrogen-bond donors (Lipinski definition) is 1. The normalized spacial score (nSPS) is 22.0. The molecule has 0 spiro atoms. The van der Waals surface area contributed by atoms with Crippen LogP contribution in [0.2, 0.25) is 0 Å². The first kappa shape index (κ1) is 16.1. The second-order valence-electron chi connectivity index (χ2n) is 5.51. The first-order valence-corrected chi connectivity index (χ1v) is 7.91. The van der Waals surface area contributed by atoms with Gasteiger partial charge >= 0.3 is 0 Å². The zero-order valence-corrected chi connectivity index (χ0v) is 13.1. The molecule has 0 amide bonds.